The average Bonchev–Trinajstić information content (AvgIpc) is 2.70. The fourth-order valence-electron chi connectivity index (χ4n) is 2.70. The highest BCUT2D eigenvalue weighted by Crippen LogP contribution is 2.16. The Bertz CT molecular complexity index is 757. The Morgan fingerprint density at radius 3 is 2.37 bits per heavy atom. The van der Waals surface area contributed by atoms with Crippen LogP contribution in [0.2, 0.25) is 0 Å². The Balaban J connectivity index is 2.19. The van der Waals surface area contributed by atoms with E-state index >= 15 is 0 Å². The minimum Gasteiger partial charge on any atom is -0.497 e. The van der Waals surface area contributed by atoms with E-state index in [1.54, 1.807) is 25.0 Å². The van der Waals surface area contributed by atoms with Gasteiger partial charge < -0.3 is 15.0 Å². The van der Waals surface area contributed by atoms with E-state index in [2.05, 4.69) is 11.9 Å². The quantitative estimate of drug-likeness (QED) is 0.694. The van der Waals surface area contributed by atoms with E-state index in [0.717, 1.165) is 16.9 Å². The molecule has 0 aliphatic rings. The molecule has 0 aliphatic heterocycles. The third-order valence-electron chi connectivity index (χ3n) is 4.30. The van der Waals surface area contributed by atoms with Gasteiger partial charge in [-0.1, -0.05) is 48.5 Å². The molecule has 0 radical (unpaired) electrons. The minimum atomic E-state index is -0.594. The van der Waals surface area contributed by atoms with Crippen LogP contribution in [0.15, 0.2) is 67.3 Å². The second-order valence-corrected chi connectivity index (χ2v) is 6.24. The van der Waals surface area contributed by atoms with Crippen molar-refractivity contribution in [1.29, 1.82) is 0 Å². The van der Waals surface area contributed by atoms with Gasteiger partial charge in [-0.25, -0.2) is 0 Å². The third-order valence-corrected chi connectivity index (χ3v) is 4.30. The summed E-state index contributed by atoms with van der Waals surface area (Å²) >= 11 is 0. The fourth-order valence-corrected chi connectivity index (χ4v) is 2.70. The molecule has 0 fully saturated rings. The van der Waals surface area contributed by atoms with Gasteiger partial charge >= 0.3 is 0 Å². The second kappa shape index (κ2) is 10.2. The summed E-state index contributed by atoms with van der Waals surface area (Å²) in [6, 6.07) is 16.4. The normalized spacial score (nSPS) is 11.3. The van der Waals surface area contributed by atoms with Crippen molar-refractivity contribution in [2.75, 3.05) is 13.7 Å². The Hall–Kier alpha value is -3.08. The van der Waals surface area contributed by atoms with Crippen molar-refractivity contribution in [2.24, 2.45) is 0 Å². The summed E-state index contributed by atoms with van der Waals surface area (Å²) in [5, 5.41) is 2.76. The van der Waals surface area contributed by atoms with Crippen molar-refractivity contribution in [2.45, 2.75) is 25.9 Å². The summed E-state index contributed by atoms with van der Waals surface area (Å²) in [7, 11) is 1.61. The standard InChI is InChI=1S/C22H26N2O3/c1-4-14-23-22(26)17(2)24(16-19-10-12-20(27-3)13-11-19)21(25)15-18-8-6-5-7-9-18/h4-13,17H,1,14-16H2,2-3H3,(H,23,26)/t17-/m0/s1. The molecule has 0 aromatic heterocycles. The highest BCUT2D eigenvalue weighted by Gasteiger charge is 2.25. The van der Waals surface area contributed by atoms with Gasteiger partial charge in [-0.2, -0.15) is 0 Å². The van der Waals surface area contributed by atoms with Gasteiger partial charge in [0.2, 0.25) is 11.8 Å². The van der Waals surface area contributed by atoms with Crippen LogP contribution in [0.1, 0.15) is 18.1 Å². The van der Waals surface area contributed by atoms with Crippen LogP contribution in [0.25, 0.3) is 0 Å². The maximum Gasteiger partial charge on any atom is 0.242 e. The summed E-state index contributed by atoms with van der Waals surface area (Å²) in [6.07, 6.45) is 1.86. The molecule has 0 saturated carbocycles. The Morgan fingerprint density at radius 1 is 1.11 bits per heavy atom. The smallest absolute Gasteiger partial charge is 0.242 e. The first kappa shape index (κ1) is 20.2. The number of methoxy groups -OCH3 is 1. The first-order chi connectivity index (χ1) is 13.0. The molecule has 0 spiro atoms. The van der Waals surface area contributed by atoms with Crippen LogP contribution >= 0.6 is 0 Å². The molecule has 27 heavy (non-hydrogen) atoms. The molecular formula is C22H26N2O3. The van der Waals surface area contributed by atoms with Crippen molar-refractivity contribution in [3.63, 3.8) is 0 Å². The second-order valence-electron chi connectivity index (χ2n) is 6.24. The molecule has 2 aromatic carbocycles. The van der Waals surface area contributed by atoms with E-state index < -0.39 is 6.04 Å². The lowest BCUT2D eigenvalue weighted by atomic mass is 10.1. The highest BCUT2D eigenvalue weighted by atomic mass is 16.5. The van der Waals surface area contributed by atoms with E-state index in [-0.39, 0.29) is 18.2 Å². The number of ether oxygens (including phenoxy) is 1. The summed E-state index contributed by atoms with van der Waals surface area (Å²) in [4.78, 5) is 27.0. The number of nitrogens with one attached hydrogen (secondary N) is 1. The number of nitrogens with zero attached hydrogens (tertiary/aromatic N) is 1. The Labute approximate surface area is 160 Å². The van der Waals surface area contributed by atoms with Crippen molar-refractivity contribution in [3.05, 3.63) is 78.4 Å². The molecule has 2 aromatic rings. The van der Waals surface area contributed by atoms with Gasteiger partial charge in [0.1, 0.15) is 11.8 Å². The van der Waals surface area contributed by atoms with E-state index in [0.29, 0.717) is 13.1 Å². The molecule has 0 heterocycles. The van der Waals surface area contributed by atoms with Crippen LogP contribution in [0.4, 0.5) is 0 Å². The third kappa shape index (κ3) is 5.99. The molecule has 5 heteroatoms. The first-order valence-corrected chi connectivity index (χ1v) is 8.90. The highest BCUT2D eigenvalue weighted by molar-refractivity contribution is 5.88. The first-order valence-electron chi connectivity index (χ1n) is 8.90. The van der Waals surface area contributed by atoms with E-state index in [9.17, 15) is 9.59 Å². The topological polar surface area (TPSA) is 58.6 Å². The number of carbonyl (C=O) groups excluding carboxylic acids is 2. The van der Waals surface area contributed by atoms with Crippen LogP contribution < -0.4 is 10.1 Å². The summed E-state index contributed by atoms with van der Waals surface area (Å²) in [5.74, 6) is 0.445. The van der Waals surface area contributed by atoms with Crippen molar-refractivity contribution < 1.29 is 14.3 Å². The zero-order valence-electron chi connectivity index (χ0n) is 15.9. The van der Waals surface area contributed by atoms with E-state index in [4.69, 9.17) is 4.74 Å². The molecule has 142 valence electrons. The van der Waals surface area contributed by atoms with Gasteiger partial charge in [-0.3, -0.25) is 9.59 Å². The summed E-state index contributed by atoms with van der Waals surface area (Å²) < 4.78 is 5.18. The molecule has 1 atom stereocenters. The van der Waals surface area contributed by atoms with Crippen LogP contribution in [0.3, 0.4) is 0 Å². The number of hydrogen-bond acceptors (Lipinski definition) is 3. The molecule has 0 aliphatic carbocycles. The van der Waals surface area contributed by atoms with Gasteiger partial charge in [-0.15, -0.1) is 6.58 Å². The van der Waals surface area contributed by atoms with Crippen LogP contribution in [-0.2, 0) is 22.6 Å². The molecule has 0 bridgehead atoms. The number of rotatable bonds is 9. The number of hydrogen-bond donors (Lipinski definition) is 1. The maximum absolute atomic E-state index is 13.0. The maximum atomic E-state index is 13.0. The zero-order valence-corrected chi connectivity index (χ0v) is 15.9. The lowest BCUT2D eigenvalue weighted by Crippen LogP contribution is -2.48. The Kier molecular flexibility index (Phi) is 7.62. The monoisotopic (exact) mass is 366 g/mol. The van der Waals surface area contributed by atoms with Gasteiger partial charge in [0.05, 0.1) is 13.5 Å². The largest absolute Gasteiger partial charge is 0.497 e. The fraction of sp³-hybridized carbons (Fsp3) is 0.273. The molecule has 0 saturated heterocycles. The van der Waals surface area contributed by atoms with Gasteiger partial charge in [0.15, 0.2) is 0 Å². The van der Waals surface area contributed by atoms with Crippen LogP contribution in [-0.4, -0.2) is 36.4 Å². The Morgan fingerprint density at radius 2 is 1.78 bits per heavy atom. The van der Waals surface area contributed by atoms with Crippen molar-refractivity contribution in [3.8, 4) is 5.75 Å². The molecule has 2 rings (SSSR count). The van der Waals surface area contributed by atoms with Crippen LogP contribution in [0, 0.1) is 0 Å². The SMILES string of the molecule is C=CCNC(=O)[C@H](C)N(Cc1ccc(OC)cc1)C(=O)Cc1ccccc1. The molecule has 5 nitrogen and oxygen atoms in total. The number of carbonyl (C=O) groups is 2. The number of amides is 2. The van der Waals surface area contributed by atoms with Gasteiger partial charge in [-0.05, 0) is 30.2 Å². The molecular weight excluding hydrogens is 340 g/mol. The predicted molar refractivity (Wildman–Crippen MR) is 106 cm³/mol. The molecule has 2 amide bonds. The van der Waals surface area contributed by atoms with Crippen LogP contribution in [0.5, 0.6) is 5.75 Å². The molecule has 0 unspecified atom stereocenters. The summed E-state index contributed by atoms with van der Waals surface area (Å²) in [5.41, 5.74) is 1.85. The predicted octanol–water partition coefficient (Wildman–Crippen LogP) is 2.96. The molecule has 1 N–H and O–H groups in total. The van der Waals surface area contributed by atoms with Crippen molar-refractivity contribution >= 4 is 11.8 Å². The van der Waals surface area contributed by atoms with E-state index in [1.807, 2.05) is 54.6 Å². The van der Waals surface area contributed by atoms with E-state index in [1.165, 1.54) is 0 Å². The summed E-state index contributed by atoms with van der Waals surface area (Å²) in [6.45, 7) is 6.06. The number of benzene rings is 2. The lowest BCUT2D eigenvalue weighted by molar-refractivity contribution is -0.140. The lowest BCUT2D eigenvalue weighted by Gasteiger charge is -2.29. The average molecular weight is 366 g/mol. The minimum absolute atomic E-state index is 0.0988. The van der Waals surface area contributed by atoms with Gasteiger partial charge in [0, 0.05) is 13.1 Å². The zero-order chi connectivity index (χ0) is 19.6. The van der Waals surface area contributed by atoms with Crippen molar-refractivity contribution in [1.82, 2.24) is 10.2 Å². The van der Waals surface area contributed by atoms with Gasteiger partial charge in [0.25, 0.3) is 0 Å².